The molecule has 8 heteroatoms. The predicted octanol–water partition coefficient (Wildman–Crippen LogP) is 1.29. The minimum atomic E-state index is -0.432. The molecule has 1 aliphatic rings. The molecule has 0 aromatic heterocycles. The van der Waals surface area contributed by atoms with Crippen LogP contribution in [0.5, 0.6) is 5.75 Å². The maximum Gasteiger partial charge on any atom is 0.255 e. The number of nitrogens with zero attached hydrogens (tertiary/aromatic N) is 2. The van der Waals surface area contributed by atoms with Crippen molar-refractivity contribution in [3.8, 4) is 5.75 Å². The molecular formula is C19H29N3O4S. The molecular weight excluding hydrogens is 366 g/mol. The lowest BCUT2D eigenvalue weighted by atomic mass is 10.1. The zero-order valence-corrected chi connectivity index (χ0v) is 17.1. The average molecular weight is 396 g/mol. The molecule has 1 aliphatic heterocycles. The summed E-state index contributed by atoms with van der Waals surface area (Å²) in [5.41, 5.74) is 0.568. The summed E-state index contributed by atoms with van der Waals surface area (Å²) in [6.45, 7) is 5.26. The molecule has 1 atom stereocenters. The van der Waals surface area contributed by atoms with Gasteiger partial charge in [0.15, 0.2) is 0 Å². The van der Waals surface area contributed by atoms with E-state index in [0.717, 1.165) is 18.8 Å². The van der Waals surface area contributed by atoms with Crippen LogP contribution in [0.1, 0.15) is 17.3 Å². The van der Waals surface area contributed by atoms with E-state index in [0.29, 0.717) is 37.0 Å². The molecule has 0 unspecified atom stereocenters. The zero-order chi connectivity index (χ0) is 19.6. The number of benzene rings is 1. The van der Waals surface area contributed by atoms with Gasteiger partial charge in [-0.3, -0.25) is 9.59 Å². The normalized spacial score (nSPS) is 16.6. The first-order valence-electron chi connectivity index (χ1n) is 9.13. The monoisotopic (exact) mass is 395 g/mol. The number of carbonyl (C=O) groups is 2. The molecule has 0 bridgehead atoms. The molecule has 0 spiro atoms. The molecule has 7 nitrogen and oxygen atoms in total. The Labute approximate surface area is 165 Å². The highest BCUT2D eigenvalue weighted by molar-refractivity contribution is 7.99. The Morgan fingerprint density at radius 1 is 1.30 bits per heavy atom. The van der Waals surface area contributed by atoms with Crippen LogP contribution in [0.25, 0.3) is 0 Å². The smallest absolute Gasteiger partial charge is 0.255 e. The second-order valence-electron chi connectivity index (χ2n) is 6.34. The lowest BCUT2D eigenvalue weighted by molar-refractivity contribution is -0.124. The van der Waals surface area contributed by atoms with Crippen LogP contribution < -0.4 is 10.1 Å². The Kier molecular flexibility index (Phi) is 8.90. The maximum absolute atomic E-state index is 12.8. The van der Waals surface area contributed by atoms with Crippen LogP contribution in [0.15, 0.2) is 24.3 Å². The van der Waals surface area contributed by atoms with E-state index in [1.165, 1.54) is 0 Å². The second kappa shape index (κ2) is 11.2. The van der Waals surface area contributed by atoms with Gasteiger partial charge in [0.25, 0.3) is 5.91 Å². The highest BCUT2D eigenvalue weighted by Crippen LogP contribution is 2.24. The van der Waals surface area contributed by atoms with Crippen LogP contribution in [0, 0.1) is 0 Å². The minimum Gasteiger partial charge on any atom is -0.494 e. The van der Waals surface area contributed by atoms with Crippen molar-refractivity contribution in [1.82, 2.24) is 15.1 Å². The number of carbonyl (C=O) groups excluding carboxylic acids is 2. The van der Waals surface area contributed by atoms with Gasteiger partial charge in [0.05, 0.1) is 19.1 Å². The largest absolute Gasteiger partial charge is 0.494 e. The van der Waals surface area contributed by atoms with Gasteiger partial charge in [-0.25, -0.2) is 0 Å². The van der Waals surface area contributed by atoms with Gasteiger partial charge in [0.1, 0.15) is 11.8 Å². The first kappa shape index (κ1) is 21.5. The number of thioether (sulfide) groups is 1. The molecule has 1 aromatic rings. The van der Waals surface area contributed by atoms with Crippen LogP contribution in [0.4, 0.5) is 0 Å². The summed E-state index contributed by atoms with van der Waals surface area (Å²) >= 11 is 1.60. The van der Waals surface area contributed by atoms with Crippen molar-refractivity contribution in [3.63, 3.8) is 0 Å². The van der Waals surface area contributed by atoms with Crippen LogP contribution in [-0.4, -0.2) is 86.3 Å². The fourth-order valence-electron chi connectivity index (χ4n) is 2.73. The summed E-state index contributed by atoms with van der Waals surface area (Å²) in [7, 11) is 3.65. The van der Waals surface area contributed by atoms with Crippen molar-refractivity contribution in [3.05, 3.63) is 29.8 Å². The molecule has 150 valence electrons. The van der Waals surface area contributed by atoms with Gasteiger partial charge in [-0.15, -0.1) is 11.8 Å². The topological polar surface area (TPSA) is 71.1 Å². The molecule has 0 saturated carbocycles. The van der Waals surface area contributed by atoms with Crippen LogP contribution in [-0.2, 0) is 9.53 Å². The number of amides is 2. The number of nitrogens with one attached hydrogen (secondary N) is 1. The SMILES string of the molecule is CCOc1ccc(C(=O)N2CSC[C@@H]2C(=O)NCCN(C)CCOC)cc1. The van der Waals surface area contributed by atoms with Gasteiger partial charge in [-0.1, -0.05) is 0 Å². The number of methoxy groups -OCH3 is 1. The van der Waals surface area contributed by atoms with Gasteiger partial charge in [0.2, 0.25) is 5.91 Å². The van der Waals surface area contributed by atoms with Crippen LogP contribution >= 0.6 is 11.8 Å². The van der Waals surface area contributed by atoms with Crippen molar-refractivity contribution in [1.29, 1.82) is 0 Å². The first-order chi connectivity index (χ1) is 13.1. The number of rotatable bonds is 10. The summed E-state index contributed by atoms with van der Waals surface area (Å²) in [6, 6.07) is 6.63. The third-order valence-electron chi connectivity index (χ3n) is 4.33. The Hall–Kier alpha value is -1.77. The fraction of sp³-hybridized carbons (Fsp3) is 0.579. The van der Waals surface area contributed by atoms with Gasteiger partial charge in [0, 0.05) is 38.1 Å². The van der Waals surface area contributed by atoms with E-state index in [9.17, 15) is 9.59 Å². The Morgan fingerprint density at radius 2 is 2.04 bits per heavy atom. The molecule has 1 fully saturated rings. The Balaban J connectivity index is 1.87. The number of hydrogen-bond donors (Lipinski definition) is 1. The molecule has 2 amide bonds. The van der Waals surface area contributed by atoms with E-state index in [1.54, 1.807) is 48.0 Å². The molecule has 0 aliphatic carbocycles. The highest BCUT2D eigenvalue weighted by Gasteiger charge is 2.34. The van der Waals surface area contributed by atoms with Gasteiger partial charge in [-0.05, 0) is 38.2 Å². The minimum absolute atomic E-state index is 0.0978. The third-order valence-corrected chi connectivity index (χ3v) is 5.34. The number of ether oxygens (including phenoxy) is 2. The molecule has 1 saturated heterocycles. The van der Waals surface area contributed by atoms with Crippen molar-refractivity contribution in [2.75, 3.05) is 58.6 Å². The average Bonchev–Trinajstić information content (AvgIpc) is 3.16. The van der Waals surface area contributed by atoms with E-state index in [-0.39, 0.29) is 11.8 Å². The molecule has 1 aromatic carbocycles. The Morgan fingerprint density at radius 3 is 2.70 bits per heavy atom. The van der Waals surface area contributed by atoms with Crippen molar-refractivity contribution in [2.45, 2.75) is 13.0 Å². The fourth-order valence-corrected chi connectivity index (χ4v) is 3.89. The first-order valence-corrected chi connectivity index (χ1v) is 10.3. The van der Waals surface area contributed by atoms with Gasteiger partial charge < -0.3 is 24.6 Å². The van der Waals surface area contributed by atoms with Crippen LogP contribution in [0.3, 0.4) is 0 Å². The predicted molar refractivity (Wildman–Crippen MR) is 107 cm³/mol. The standard InChI is InChI=1S/C19H29N3O4S/c1-4-26-16-7-5-15(6-8-16)19(24)22-14-27-13-17(22)18(23)20-9-10-21(2)11-12-25-3/h5-8,17H,4,9-14H2,1-3H3,(H,20,23)/t17-/m1/s1. The molecule has 27 heavy (non-hydrogen) atoms. The van der Waals surface area contributed by atoms with Crippen molar-refractivity contribution in [2.24, 2.45) is 0 Å². The van der Waals surface area contributed by atoms with Crippen molar-refractivity contribution >= 4 is 23.6 Å². The van der Waals surface area contributed by atoms with E-state index in [4.69, 9.17) is 9.47 Å². The summed E-state index contributed by atoms with van der Waals surface area (Å²) in [5.74, 6) is 1.66. The molecule has 0 radical (unpaired) electrons. The van der Waals surface area contributed by atoms with Crippen LogP contribution in [0.2, 0.25) is 0 Å². The maximum atomic E-state index is 12.8. The van der Waals surface area contributed by atoms with Gasteiger partial charge >= 0.3 is 0 Å². The number of likely N-dealkylation sites (N-methyl/N-ethyl adjacent to an activating group) is 1. The summed E-state index contributed by atoms with van der Waals surface area (Å²) in [5, 5.41) is 2.95. The summed E-state index contributed by atoms with van der Waals surface area (Å²) < 4.78 is 10.4. The molecule has 1 heterocycles. The van der Waals surface area contributed by atoms with E-state index in [1.807, 2.05) is 14.0 Å². The van der Waals surface area contributed by atoms with E-state index >= 15 is 0 Å². The van der Waals surface area contributed by atoms with E-state index in [2.05, 4.69) is 10.2 Å². The zero-order valence-electron chi connectivity index (χ0n) is 16.3. The lowest BCUT2D eigenvalue weighted by Gasteiger charge is -2.24. The summed E-state index contributed by atoms with van der Waals surface area (Å²) in [4.78, 5) is 29.1. The molecule has 2 rings (SSSR count). The third kappa shape index (κ3) is 6.41. The number of hydrogen-bond acceptors (Lipinski definition) is 6. The van der Waals surface area contributed by atoms with E-state index < -0.39 is 6.04 Å². The second-order valence-corrected chi connectivity index (χ2v) is 7.33. The Bertz CT molecular complexity index is 611. The molecule has 1 N–H and O–H groups in total. The summed E-state index contributed by atoms with van der Waals surface area (Å²) in [6.07, 6.45) is 0. The highest BCUT2D eigenvalue weighted by atomic mass is 32.2. The van der Waals surface area contributed by atoms with Crippen molar-refractivity contribution < 1.29 is 19.1 Å². The lowest BCUT2D eigenvalue weighted by Crippen LogP contribution is -2.48. The van der Waals surface area contributed by atoms with Gasteiger partial charge in [-0.2, -0.15) is 0 Å². The quantitative estimate of drug-likeness (QED) is 0.644.